The van der Waals surface area contributed by atoms with Crippen LogP contribution in [0.25, 0.3) is 17.0 Å². The van der Waals surface area contributed by atoms with Crippen LogP contribution in [0.1, 0.15) is 11.3 Å². The third kappa shape index (κ3) is 2.28. The van der Waals surface area contributed by atoms with Crippen molar-refractivity contribution in [3.05, 3.63) is 41.6 Å². The first-order chi connectivity index (χ1) is 9.86. The molecule has 0 radical (unpaired) electrons. The fraction of sp³-hybridized carbons (Fsp3) is 0.154. The minimum Gasteiger partial charge on any atom is -0.398 e. The zero-order valence-electron chi connectivity index (χ0n) is 10.9. The minimum absolute atomic E-state index is 0.149. The number of aryl methyl sites for hydroxylation is 1. The van der Waals surface area contributed by atoms with E-state index in [0.29, 0.717) is 11.3 Å². The van der Waals surface area contributed by atoms with Gasteiger partial charge in [-0.05, 0) is 37.3 Å². The molecular weight excluding hydrogens is 283 g/mol. The van der Waals surface area contributed by atoms with Crippen LogP contribution in [0.5, 0.6) is 0 Å². The second kappa shape index (κ2) is 4.44. The number of alkyl halides is 3. The number of rotatable bonds is 1. The van der Waals surface area contributed by atoms with Gasteiger partial charge in [0.15, 0.2) is 11.5 Å². The molecule has 5 nitrogen and oxygen atoms in total. The molecule has 0 spiro atoms. The number of anilines is 1. The lowest BCUT2D eigenvalue weighted by molar-refractivity contribution is -0.137. The maximum Gasteiger partial charge on any atom is 0.416 e. The predicted octanol–water partition coefficient (Wildman–Crippen LogP) is 2.70. The first-order valence-corrected chi connectivity index (χ1v) is 6.02. The Balaban J connectivity index is 2.25. The lowest BCUT2D eigenvalue weighted by Gasteiger charge is -2.10. The highest BCUT2D eigenvalue weighted by atomic mass is 19.4. The highest BCUT2D eigenvalue weighted by Gasteiger charge is 2.31. The van der Waals surface area contributed by atoms with Crippen LogP contribution in [0.3, 0.4) is 0 Å². The molecule has 2 heterocycles. The molecule has 2 aromatic heterocycles. The summed E-state index contributed by atoms with van der Waals surface area (Å²) in [4.78, 5) is 0. The normalized spacial score (nSPS) is 12.0. The molecule has 8 heteroatoms. The summed E-state index contributed by atoms with van der Waals surface area (Å²) >= 11 is 0. The van der Waals surface area contributed by atoms with Gasteiger partial charge in [-0.2, -0.15) is 22.8 Å². The number of halogens is 3. The molecule has 0 aliphatic heterocycles. The number of benzene rings is 1. The minimum atomic E-state index is -4.45. The van der Waals surface area contributed by atoms with Crippen LogP contribution >= 0.6 is 0 Å². The summed E-state index contributed by atoms with van der Waals surface area (Å²) in [5, 5.41) is 12.0. The maximum atomic E-state index is 12.8. The van der Waals surface area contributed by atoms with Gasteiger partial charge in [-0.25, -0.2) is 0 Å². The molecule has 3 aromatic rings. The zero-order chi connectivity index (χ0) is 15.2. The molecule has 1 aromatic carbocycles. The van der Waals surface area contributed by atoms with Crippen LogP contribution in [0.2, 0.25) is 0 Å². The van der Waals surface area contributed by atoms with Crippen molar-refractivity contribution >= 4 is 11.3 Å². The first kappa shape index (κ1) is 13.3. The van der Waals surface area contributed by atoms with Crippen molar-refractivity contribution in [3.8, 4) is 11.4 Å². The highest BCUT2D eigenvalue weighted by Crippen LogP contribution is 2.34. The molecule has 0 fully saturated rings. The molecule has 21 heavy (non-hydrogen) atoms. The molecule has 0 amide bonds. The summed E-state index contributed by atoms with van der Waals surface area (Å²) in [6, 6.07) is 6.51. The van der Waals surface area contributed by atoms with Gasteiger partial charge in [0.2, 0.25) is 0 Å². The fourth-order valence-electron chi connectivity index (χ4n) is 1.97. The lowest BCUT2D eigenvalue weighted by atomic mass is 10.1. The average molecular weight is 293 g/mol. The molecule has 108 valence electrons. The largest absolute Gasteiger partial charge is 0.416 e. The molecule has 3 rings (SSSR count). The summed E-state index contributed by atoms with van der Waals surface area (Å²) < 4.78 is 39.8. The monoisotopic (exact) mass is 293 g/mol. The lowest BCUT2D eigenvalue weighted by Crippen LogP contribution is -2.07. The molecule has 2 N–H and O–H groups in total. The van der Waals surface area contributed by atoms with Crippen LogP contribution in [0.15, 0.2) is 30.3 Å². The molecule has 0 saturated carbocycles. The Morgan fingerprint density at radius 3 is 2.57 bits per heavy atom. The SMILES string of the molecule is Cc1ccc2nnc(-c3cc(C(F)(F)F)ccc3N)n2n1. The van der Waals surface area contributed by atoms with Gasteiger partial charge < -0.3 is 5.73 Å². The third-order valence-electron chi connectivity index (χ3n) is 3.02. The number of hydrogen-bond donors (Lipinski definition) is 1. The number of hydrogen-bond acceptors (Lipinski definition) is 4. The van der Waals surface area contributed by atoms with Crippen molar-refractivity contribution in [1.29, 1.82) is 0 Å². The molecule has 0 bridgehead atoms. The Morgan fingerprint density at radius 1 is 1.10 bits per heavy atom. The smallest absolute Gasteiger partial charge is 0.398 e. The number of nitrogens with two attached hydrogens (primary N) is 1. The van der Waals surface area contributed by atoms with Crippen LogP contribution in [-0.2, 0) is 6.18 Å². The van der Waals surface area contributed by atoms with Crippen molar-refractivity contribution in [2.75, 3.05) is 5.73 Å². The second-order valence-corrected chi connectivity index (χ2v) is 4.57. The van der Waals surface area contributed by atoms with Crippen LogP contribution in [0, 0.1) is 6.92 Å². The van der Waals surface area contributed by atoms with E-state index >= 15 is 0 Å². The van der Waals surface area contributed by atoms with E-state index in [-0.39, 0.29) is 17.1 Å². The van der Waals surface area contributed by atoms with Gasteiger partial charge in [0.1, 0.15) is 0 Å². The number of nitrogens with zero attached hydrogens (tertiary/aromatic N) is 4. The molecule has 0 saturated heterocycles. The van der Waals surface area contributed by atoms with Gasteiger partial charge in [-0.1, -0.05) is 0 Å². The number of nitrogen functional groups attached to an aromatic ring is 1. The van der Waals surface area contributed by atoms with Gasteiger partial charge in [-0.15, -0.1) is 10.2 Å². The fourth-order valence-corrected chi connectivity index (χ4v) is 1.97. The van der Waals surface area contributed by atoms with E-state index in [1.165, 1.54) is 10.6 Å². The Bertz CT molecular complexity index is 822. The van der Waals surface area contributed by atoms with Crippen molar-refractivity contribution < 1.29 is 13.2 Å². The van der Waals surface area contributed by atoms with Crippen molar-refractivity contribution in [3.63, 3.8) is 0 Å². The van der Waals surface area contributed by atoms with Gasteiger partial charge in [-0.3, -0.25) is 0 Å². The Kier molecular flexibility index (Phi) is 2.82. The Hall–Kier alpha value is -2.64. The van der Waals surface area contributed by atoms with Crippen LogP contribution in [-0.4, -0.2) is 19.8 Å². The highest BCUT2D eigenvalue weighted by molar-refractivity contribution is 5.73. The second-order valence-electron chi connectivity index (χ2n) is 4.57. The van der Waals surface area contributed by atoms with E-state index in [0.717, 1.165) is 12.1 Å². The topological polar surface area (TPSA) is 69.1 Å². The predicted molar refractivity (Wildman–Crippen MR) is 70.4 cm³/mol. The average Bonchev–Trinajstić information content (AvgIpc) is 2.80. The van der Waals surface area contributed by atoms with Crippen molar-refractivity contribution in [2.24, 2.45) is 0 Å². The summed E-state index contributed by atoms with van der Waals surface area (Å²) in [6.07, 6.45) is -4.45. The molecule has 0 aliphatic rings. The van der Waals surface area contributed by atoms with E-state index in [2.05, 4.69) is 15.3 Å². The Morgan fingerprint density at radius 2 is 1.86 bits per heavy atom. The Labute approximate surface area is 117 Å². The quantitative estimate of drug-likeness (QED) is 0.700. The van der Waals surface area contributed by atoms with E-state index in [4.69, 9.17) is 5.73 Å². The van der Waals surface area contributed by atoms with E-state index in [1.807, 2.05) is 0 Å². The van der Waals surface area contributed by atoms with Crippen molar-refractivity contribution in [1.82, 2.24) is 19.8 Å². The molecule has 0 unspecified atom stereocenters. The van der Waals surface area contributed by atoms with Gasteiger partial charge in [0, 0.05) is 11.3 Å². The summed E-state index contributed by atoms with van der Waals surface area (Å²) in [7, 11) is 0. The van der Waals surface area contributed by atoms with Crippen LogP contribution < -0.4 is 5.73 Å². The van der Waals surface area contributed by atoms with Gasteiger partial charge in [0.05, 0.1) is 11.3 Å². The first-order valence-electron chi connectivity index (χ1n) is 6.02. The molecule has 0 atom stereocenters. The van der Waals surface area contributed by atoms with E-state index < -0.39 is 11.7 Å². The van der Waals surface area contributed by atoms with Gasteiger partial charge >= 0.3 is 6.18 Å². The van der Waals surface area contributed by atoms with Gasteiger partial charge in [0.25, 0.3) is 0 Å². The number of aromatic nitrogens is 4. The zero-order valence-corrected chi connectivity index (χ0v) is 10.9. The molecular formula is C13H10F3N5. The third-order valence-corrected chi connectivity index (χ3v) is 3.02. The summed E-state index contributed by atoms with van der Waals surface area (Å²) in [5.41, 5.74) is 6.44. The van der Waals surface area contributed by atoms with E-state index in [1.54, 1.807) is 19.1 Å². The summed E-state index contributed by atoms with van der Waals surface area (Å²) in [5.74, 6) is 0.178. The summed E-state index contributed by atoms with van der Waals surface area (Å²) in [6.45, 7) is 1.76. The molecule has 0 aliphatic carbocycles. The standard InChI is InChI=1S/C13H10F3N5/c1-7-2-5-11-18-19-12(21(11)20-7)9-6-8(13(14,15)16)3-4-10(9)17/h2-6H,17H2,1H3. The van der Waals surface area contributed by atoms with E-state index in [9.17, 15) is 13.2 Å². The maximum absolute atomic E-state index is 12.8. The number of fused-ring (bicyclic) bond motifs is 1. The van der Waals surface area contributed by atoms with Crippen molar-refractivity contribution in [2.45, 2.75) is 13.1 Å². The van der Waals surface area contributed by atoms with Crippen LogP contribution in [0.4, 0.5) is 18.9 Å².